The molecule has 2 heteroatoms. The molecular weight excluding hydrogens is 107 g/mol. The molecule has 2 atom stereocenters. The molecule has 0 aromatic rings. The normalized spacial score (nSPS) is 38.2. The summed E-state index contributed by atoms with van der Waals surface area (Å²) < 4.78 is 11.4. The molecular formula is C6H11FO. The van der Waals surface area contributed by atoms with Gasteiger partial charge in [-0.1, -0.05) is 6.92 Å². The number of halogens is 1. The Morgan fingerprint density at radius 3 is 2.50 bits per heavy atom. The van der Waals surface area contributed by atoms with E-state index in [2.05, 4.69) is 11.9 Å². The minimum Gasteiger partial charge on any atom is -0.191 e. The van der Waals surface area contributed by atoms with Crippen molar-refractivity contribution in [1.29, 1.82) is 0 Å². The predicted molar refractivity (Wildman–Crippen MR) is 29.0 cm³/mol. The Balaban J connectivity index is 2.22. The van der Waals surface area contributed by atoms with Crippen LogP contribution in [0.3, 0.4) is 0 Å². The van der Waals surface area contributed by atoms with E-state index in [0.717, 1.165) is 19.3 Å². The summed E-state index contributed by atoms with van der Waals surface area (Å²) >= 11 is 0. The lowest BCUT2D eigenvalue weighted by Crippen LogP contribution is -2.00. The van der Waals surface area contributed by atoms with Gasteiger partial charge in [0.2, 0.25) is 0 Å². The van der Waals surface area contributed by atoms with Crippen molar-refractivity contribution in [3.8, 4) is 0 Å². The monoisotopic (exact) mass is 118 g/mol. The first-order chi connectivity index (χ1) is 3.83. The molecule has 1 aliphatic carbocycles. The Bertz CT molecular complexity index is 74.9. The molecule has 0 saturated heterocycles. The second-order valence-corrected chi connectivity index (χ2v) is 2.63. The summed E-state index contributed by atoms with van der Waals surface area (Å²) in [5.74, 6) is 0.663. The third-order valence-corrected chi connectivity index (χ3v) is 1.77. The van der Waals surface area contributed by atoms with Crippen LogP contribution in [0.5, 0.6) is 0 Å². The third kappa shape index (κ3) is 1.19. The Labute approximate surface area is 48.7 Å². The second kappa shape index (κ2) is 2.44. The second-order valence-electron chi connectivity index (χ2n) is 2.63. The minimum absolute atomic E-state index is 0.0926. The van der Waals surface area contributed by atoms with Crippen LogP contribution in [0.25, 0.3) is 0 Å². The molecule has 0 aromatic heterocycles. The van der Waals surface area contributed by atoms with Gasteiger partial charge in [0.05, 0.1) is 6.10 Å². The number of rotatable bonds is 1. The van der Waals surface area contributed by atoms with Crippen molar-refractivity contribution in [3.05, 3.63) is 0 Å². The van der Waals surface area contributed by atoms with Gasteiger partial charge in [-0.25, -0.2) is 0 Å². The van der Waals surface area contributed by atoms with Crippen LogP contribution in [0.2, 0.25) is 0 Å². The quantitative estimate of drug-likeness (QED) is 0.512. The van der Waals surface area contributed by atoms with Gasteiger partial charge in [-0.05, 0) is 29.7 Å². The molecule has 1 aliphatic rings. The highest BCUT2D eigenvalue weighted by molar-refractivity contribution is 4.71. The average Bonchev–Trinajstić information content (AvgIpc) is 2.14. The summed E-state index contributed by atoms with van der Waals surface area (Å²) in [6, 6.07) is 0. The zero-order valence-electron chi connectivity index (χ0n) is 5.06. The summed E-state index contributed by atoms with van der Waals surface area (Å²) in [6.45, 7) is 2.12. The largest absolute Gasteiger partial charge is 0.191 e. The lowest BCUT2D eigenvalue weighted by molar-refractivity contribution is -0.176. The molecule has 0 N–H and O–H groups in total. The van der Waals surface area contributed by atoms with Gasteiger partial charge in [-0.3, -0.25) is 0 Å². The summed E-state index contributed by atoms with van der Waals surface area (Å²) in [5, 5.41) is 0. The SMILES string of the molecule is CC1CC[C@@H](OF)C1. The van der Waals surface area contributed by atoms with Crippen molar-refractivity contribution < 1.29 is 9.47 Å². The lowest BCUT2D eigenvalue weighted by atomic mass is 10.1. The third-order valence-electron chi connectivity index (χ3n) is 1.77. The summed E-state index contributed by atoms with van der Waals surface area (Å²) in [4.78, 5) is 3.68. The average molecular weight is 118 g/mol. The molecule has 0 aromatic carbocycles. The number of hydrogen-bond acceptors (Lipinski definition) is 1. The highest BCUT2D eigenvalue weighted by Crippen LogP contribution is 2.26. The fourth-order valence-corrected chi connectivity index (χ4v) is 1.24. The molecule has 0 radical (unpaired) electrons. The van der Waals surface area contributed by atoms with E-state index in [9.17, 15) is 4.53 Å². The fourth-order valence-electron chi connectivity index (χ4n) is 1.24. The van der Waals surface area contributed by atoms with Crippen molar-refractivity contribution in [2.24, 2.45) is 5.92 Å². The molecule has 0 amide bonds. The van der Waals surface area contributed by atoms with Crippen LogP contribution in [0.4, 0.5) is 4.53 Å². The lowest BCUT2D eigenvalue weighted by Gasteiger charge is -1.99. The molecule has 1 fully saturated rings. The van der Waals surface area contributed by atoms with Crippen LogP contribution in [0.1, 0.15) is 26.2 Å². The van der Waals surface area contributed by atoms with E-state index >= 15 is 0 Å². The van der Waals surface area contributed by atoms with E-state index in [1.165, 1.54) is 0 Å². The van der Waals surface area contributed by atoms with E-state index in [1.807, 2.05) is 0 Å². The number of hydrogen-bond donors (Lipinski definition) is 0. The van der Waals surface area contributed by atoms with Crippen LogP contribution in [0.15, 0.2) is 0 Å². The first-order valence-electron chi connectivity index (χ1n) is 3.10. The maximum atomic E-state index is 11.4. The fraction of sp³-hybridized carbons (Fsp3) is 1.00. The van der Waals surface area contributed by atoms with E-state index in [1.54, 1.807) is 0 Å². The highest BCUT2D eigenvalue weighted by Gasteiger charge is 2.21. The standard InChI is InChI=1S/C6H11FO/c1-5-2-3-6(4-5)8-7/h5-6H,2-4H2,1H3/t5?,6-/m1/s1. The van der Waals surface area contributed by atoms with Gasteiger partial charge in [0.25, 0.3) is 0 Å². The molecule has 1 saturated carbocycles. The first kappa shape index (κ1) is 6.02. The van der Waals surface area contributed by atoms with Gasteiger partial charge in [0.1, 0.15) is 0 Å². The van der Waals surface area contributed by atoms with Crippen LogP contribution in [-0.4, -0.2) is 6.10 Å². The first-order valence-corrected chi connectivity index (χ1v) is 3.10. The van der Waals surface area contributed by atoms with E-state index in [0.29, 0.717) is 5.92 Å². The van der Waals surface area contributed by atoms with Gasteiger partial charge in [0.15, 0.2) is 0 Å². The molecule has 1 nitrogen and oxygen atoms in total. The van der Waals surface area contributed by atoms with E-state index in [4.69, 9.17) is 0 Å². The molecule has 1 rings (SSSR count). The molecule has 0 heterocycles. The zero-order valence-corrected chi connectivity index (χ0v) is 5.06. The molecule has 8 heavy (non-hydrogen) atoms. The van der Waals surface area contributed by atoms with Crippen molar-refractivity contribution in [2.75, 3.05) is 0 Å². The van der Waals surface area contributed by atoms with Crippen LogP contribution < -0.4 is 0 Å². The van der Waals surface area contributed by atoms with Crippen molar-refractivity contribution in [3.63, 3.8) is 0 Å². The van der Waals surface area contributed by atoms with Gasteiger partial charge < -0.3 is 0 Å². The maximum Gasteiger partial charge on any atom is 0.0986 e. The molecule has 0 spiro atoms. The van der Waals surface area contributed by atoms with Gasteiger partial charge in [-0.2, -0.15) is 4.94 Å². The van der Waals surface area contributed by atoms with Gasteiger partial charge >= 0.3 is 0 Å². The Morgan fingerprint density at radius 1 is 1.50 bits per heavy atom. The van der Waals surface area contributed by atoms with Crippen molar-refractivity contribution in [2.45, 2.75) is 32.3 Å². The van der Waals surface area contributed by atoms with E-state index in [-0.39, 0.29) is 6.10 Å². The van der Waals surface area contributed by atoms with Gasteiger partial charge in [-0.15, -0.1) is 0 Å². The summed E-state index contributed by atoms with van der Waals surface area (Å²) in [7, 11) is 0. The van der Waals surface area contributed by atoms with Crippen LogP contribution >= 0.6 is 0 Å². The summed E-state index contributed by atoms with van der Waals surface area (Å²) in [5.41, 5.74) is 0. The van der Waals surface area contributed by atoms with Crippen LogP contribution in [-0.2, 0) is 4.94 Å². The maximum absolute atomic E-state index is 11.4. The molecule has 1 unspecified atom stereocenters. The molecule has 0 bridgehead atoms. The van der Waals surface area contributed by atoms with E-state index < -0.39 is 0 Å². The Kier molecular flexibility index (Phi) is 1.84. The van der Waals surface area contributed by atoms with Crippen LogP contribution in [0, 0.1) is 5.92 Å². The Morgan fingerprint density at radius 2 is 2.25 bits per heavy atom. The predicted octanol–water partition coefficient (Wildman–Crippen LogP) is 2.08. The van der Waals surface area contributed by atoms with Crippen molar-refractivity contribution >= 4 is 0 Å². The van der Waals surface area contributed by atoms with Gasteiger partial charge in [0, 0.05) is 0 Å². The summed E-state index contributed by atoms with van der Waals surface area (Å²) in [6.07, 6.45) is 2.83. The highest BCUT2D eigenvalue weighted by atomic mass is 19.3. The minimum atomic E-state index is -0.0926. The van der Waals surface area contributed by atoms with Crippen molar-refractivity contribution in [1.82, 2.24) is 0 Å². The Hall–Kier alpha value is -0.110. The molecule has 48 valence electrons. The smallest absolute Gasteiger partial charge is 0.0986 e. The zero-order chi connectivity index (χ0) is 5.98. The molecule has 0 aliphatic heterocycles. The topological polar surface area (TPSA) is 9.23 Å².